The predicted octanol–water partition coefficient (Wildman–Crippen LogP) is 1.82. The third-order valence-electron chi connectivity index (χ3n) is 1.24. The number of carboxylic acid groups (broad SMARTS) is 1. The van der Waals surface area contributed by atoms with Crippen molar-refractivity contribution in [2.75, 3.05) is 0 Å². The van der Waals surface area contributed by atoms with Crippen molar-refractivity contribution >= 4 is 5.97 Å². The van der Waals surface area contributed by atoms with Crippen molar-refractivity contribution in [2.45, 2.75) is 6.36 Å². The molecule has 82 valence electrons. The summed E-state index contributed by atoms with van der Waals surface area (Å²) >= 11 is 0. The SMILES string of the molecule is O=C(O)c1cc(F)nc(OC(F)(F)F)c1. The van der Waals surface area contributed by atoms with E-state index in [4.69, 9.17) is 5.11 Å². The van der Waals surface area contributed by atoms with E-state index in [1.165, 1.54) is 0 Å². The normalized spacial score (nSPS) is 11.2. The van der Waals surface area contributed by atoms with Crippen molar-refractivity contribution in [1.82, 2.24) is 4.98 Å². The Morgan fingerprint density at radius 1 is 1.40 bits per heavy atom. The maximum absolute atomic E-state index is 12.5. The van der Waals surface area contributed by atoms with Gasteiger partial charge in [-0.2, -0.15) is 9.37 Å². The average Bonchev–Trinajstić information content (AvgIpc) is 1.99. The van der Waals surface area contributed by atoms with Gasteiger partial charge in [0.2, 0.25) is 11.8 Å². The standard InChI is InChI=1S/C7H3F4NO3/c8-4-1-3(6(13)14)2-5(12-4)15-7(9,10)11/h1-2H,(H,13,14). The Morgan fingerprint density at radius 3 is 2.47 bits per heavy atom. The number of rotatable bonds is 2. The minimum Gasteiger partial charge on any atom is -0.478 e. The monoisotopic (exact) mass is 225 g/mol. The van der Waals surface area contributed by atoms with Crippen molar-refractivity contribution in [2.24, 2.45) is 0 Å². The van der Waals surface area contributed by atoms with Crippen LogP contribution in [0.2, 0.25) is 0 Å². The summed E-state index contributed by atoms with van der Waals surface area (Å²) in [5.74, 6) is -4.10. The number of nitrogens with zero attached hydrogens (tertiary/aromatic N) is 1. The topological polar surface area (TPSA) is 59.4 Å². The average molecular weight is 225 g/mol. The van der Waals surface area contributed by atoms with Crippen molar-refractivity contribution in [3.8, 4) is 5.88 Å². The van der Waals surface area contributed by atoms with E-state index in [2.05, 4.69) is 9.72 Å². The molecule has 0 aliphatic carbocycles. The molecule has 0 radical (unpaired) electrons. The Balaban J connectivity index is 3.04. The highest BCUT2D eigenvalue weighted by atomic mass is 19.4. The lowest BCUT2D eigenvalue weighted by Crippen LogP contribution is -2.18. The molecular formula is C7H3F4NO3. The van der Waals surface area contributed by atoms with Crippen molar-refractivity contribution in [3.63, 3.8) is 0 Å². The van der Waals surface area contributed by atoms with Crippen LogP contribution in [0.4, 0.5) is 17.6 Å². The van der Waals surface area contributed by atoms with Gasteiger partial charge in [0.15, 0.2) is 0 Å². The smallest absolute Gasteiger partial charge is 0.478 e. The molecule has 0 aromatic carbocycles. The summed E-state index contributed by atoms with van der Waals surface area (Å²) in [7, 11) is 0. The van der Waals surface area contributed by atoms with Crippen LogP contribution >= 0.6 is 0 Å². The second-order valence-corrected chi connectivity index (χ2v) is 2.37. The van der Waals surface area contributed by atoms with Gasteiger partial charge >= 0.3 is 12.3 Å². The van der Waals surface area contributed by atoms with Crippen LogP contribution in [0.25, 0.3) is 0 Å². The summed E-state index contributed by atoms with van der Waals surface area (Å²) in [5, 5.41) is 8.40. The molecule has 0 unspecified atom stereocenters. The molecule has 1 N–H and O–H groups in total. The first-order chi connectivity index (χ1) is 6.78. The van der Waals surface area contributed by atoms with E-state index in [1.807, 2.05) is 0 Å². The Labute approximate surface area is 80.1 Å². The third kappa shape index (κ3) is 3.41. The molecule has 4 nitrogen and oxygen atoms in total. The Hall–Kier alpha value is -1.86. The minimum atomic E-state index is -5.05. The van der Waals surface area contributed by atoms with E-state index < -0.39 is 29.7 Å². The molecule has 0 bridgehead atoms. The fraction of sp³-hybridized carbons (Fsp3) is 0.143. The summed E-state index contributed by atoms with van der Waals surface area (Å²) in [5.41, 5.74) is -0.679. The van der Waals surface area contributed by atoms with Crippen molar-refractivity contribution < 1.29 is 32.2 Å². The number of carbonyl (C=O) groups is 1. The molecule has 1 aromatic rings. The number of hydrogen-bond donors (Lipinski definition) is 1. The number of pyridine rings is 1. The van der Waals surface area contributed by atoms with Gasteiger partial charge < -0.3 is 9.84 Å². The summed E-state index contributed by atoms with van der Waals surface area (Å²) < 4.78 is 50.8. The van der Waals surface area contributed by atoms with Gasteiger partial charge in [-0.15, -0.1) is 13.2 Å². The Bertz CT molecular complexity index is 390. The summed E-state index contributed by atoms with van der Waals surface area (Å²) in [6.07, 6.45) is -5.05. The maximum atomic E-state index is 12.5. The van der Waals surface area contributed by atoms with E-state index in [-0.39, 0.29) is 0 Å². The first kappa shape index (κ1) is 11.2. The van der Waals surface area contributed by atoms with Crippen LogP contribution in [0, 0.1) is 5.95 Å². The van der Waals surface area contributed by atoms with E-state index in [9.17, 15) is 22.4 Å². The van der Waals surface area contributed by atoms with Crippen LogP contribution in [0.3, 0.4) is 0 Å². The zero-order chi connectivity index (χ0) is 11.6. The first-order valence-corrected chi connectivity index (χ1v) is 3.44. The van der Waals surface area contributed by atoms with Gasteiger partial charge in [-0.25, -0.2) is 4.79 Å². The minimum absolute atomic E-state index is 0.471. The summed E-state index contributed by atoms with van der Waals surface area (Å²) in [6, 6.07) is 0.949. The lowest BCUT2D eigenvalue weighted by atomic mass is 10.3. The Morgan fingerprint density at radius 2 is 2.00 bits per heavy atom. The lowest BCUT2D eigenvalue weighted by molar-refractivity contribution is -0.276. The largest absolute Gasteiger partial charge is 0.574 e. The number of aromatic nitrogens is 1. The summed E-state index contributed by atoms with van der Waals surface area (Å²) in [6.45, 7) is 0. The van der Waals surface area contributed by atoms with Crippen LogP contribution in [0.5, 0.6) is 5.88 Å². The van der Waals surface area contributed by atoms with E-state index in [0.29, 0.717) is 12.1 Å². The highest BCUT2D eigenvalue weighted by molar-refractivity contribution is 5.87. The number of alkyl halides is 3. The number of hydrogen-bond acceptors (Lipinski definition) is 3. The van der Waals surface area contributed by atoms with Gasteiger partial charge in [0.05, 0.1) is 5.56 Å². The molecule has 1 aromatic heterocycles. The van der Waals surface area contributed by atoms with Crippen LogP contribution in [0.1, 0.15) is 10.4 Å². The molecule has 0 saturated carbocycles. The predicted molar refractivity (Wildman–Crippen MR) is 37.8 cm³/mol. The van der Waals surface area contributed by atoms with E-state index >= 15 is 0 Å². The fourth-order valence-electron chi connectivity index (χ4n) is 0.767. The second kappa shape index (κ2) is 3.71. The fourth-order valence-corrected chi connectivity index (χ4v) is 0.767. The Kier molecular flexibility index (Phi) is 2.78. The molecule has 1 heterocycles. The van der Waals surface area contributed by atoms with E-state index in [0.717, 1.165) is 0 Å². The van der Waals surface area contributed by atoms with Crippen molar-refractivity contribution in [1.29, 1.82) is 0 Å². The zero-order valence-corrected chi connectivity index (χ0v) is 6.88. The first-order valence-electron chi connectivity index (χ1n) is 3.44. The molecule has 8 heteroatoms. The molecular weight excluding hydrogens is 222 g/mol. The molecule has 0 saturated heterocycles. The van der Waals surface area contributed by atoms with Gasteiger partial charge in [-0.05, 0) is 0 Å². The van der Waals surface area contributed by atoms with Gasteiger partial charge in [0.1, 0.15) is 0 Å². The van der Waals surface area contributed by atoms with Gasteiger partial charge in [0.25, 0.3) is 0 Å². The molecule has 0 fully saturated rings. The highest BCUT2D eigenvalue weighted by Gasteiger charge is 2.32. The molecule has 0 aliphatic heterocycles. The third-order valence-corrected chi connectivity index (χ3v) is 1.24. The molecule has 0 amide bonds. The molecule has 15 heavy (non-hydrogen) atoms. The van der Waals surface area contributed by atoms with Crippen LogP contribution in [-0.4, -0.2) is 22.4 Å². The molecule has 1 rings (SSSR count). The van der Waals surface area contributed by atoms with E-state index in [1.54, 1.807) is 0 Å². The maximum Gasteiger partial charge on any atom is 0.574 e. The number of ether oxygens (including phenoxy) is 1. The lowest BCUT2D eigenvalue weighted by Gasteiger charge is -2.07. The zero-order valence-electron chi connectivity index (χ0n) is 6.88. The second-order valence-electron chi connectivity index (χ2n) is 2.37. The number of carboxylic acids is 1. The highest BCUT2D eigenvalue weighted by Crippen LogP contribution is 2.21. The van der Waals surface area contributed by atoms with Crippen LogP contribution < -0.4 is 4.74 Å². The number of halogens is 4. The molecule has 0 spiro atoms. The van der Waals surface area contributed by atoms with Crippen LogP contribution in [-0.2, 0) is 0 Å². The molecule has 0 aliphatic rings. The van der Waals surface area contributed by atoms with Gasteiger partial charge in [-0.1, -0.05) is 0 Å². The molecule has 0 atom stereocenters. The quantitative estimate of drug-likeness (QED) is 0.616. The van der Waals surface area contributed by atoms with Gasteiger partial charge in [0, 0.05) is 12.1 Å². The number of aromatic carboxylic acids is 1. The van der Waals surface area contributed by atoms with Crippen LogP contribution in [0.15, 0.2) is 12.1 Å². The van der Waals surface area contributed by atoms with Gasteiger partial charge in [-0.3, -0.25) is 0 Å². The summed E-state index contributed by atoms with van der Waals surface area (Å²) in [4.78, 5) is 13.1. The van der Waals surface area contributed by atoms with Crippen molar-refractivity contribution in [3.05, 3.63) is 23.6 Å².